The van der Waals surface area contributed by atoms with Gasteiger partial charge in [-0.1, -0.05) is 37.3 Å². The summed E-state index contributed by atoms with van der Waals surface area (Å²) in [5.41, 5.74) is 0.553. The number of rotatable bonds is 7. The van der Waals surface area contributed by atoms with Crippen LogP contribution in [0.25, 0.3) is 0 Å². The SMILES string of the molecule is CCOP(=O)(OCC)C(O)(CC)c1ccccc1. The van der Waals surface area contributed by atoms with E-state index in [9.17, 15) is 9.67 Å². The predicted molar refractivity (Wildman–Crippen MR) is 71.5 cm³/mol. The molecule has 18 heavy (non-hydrogen) atoms. The van der Waals surface area contributed by atoms with E-state index in [0.717, 1.165) is 0 Å². The average molecular weight is 272 g/mol. The molecule has 1 aromatic carbocycles. The smallest absolute Gasteiger partial charge is 0.366 e. The van der Waals surface area contributed by atoms with E-state index in [4.69, 9.17) is 9.05 Å². The molecule has 0 fully saturated rings. The quantitative estimate of drug-likeness (QED) is 0.772. The molecular weight excluding hydrogens is 251 g/mol. The molecule has 0 bridgehead atoms. The maximum atomic E-state index is 12.8. The number of hydrogen-bond acceptors (Lipinski definition) is 4. The molecule has 0 aliphatic rings. The third-order valence-electron chi connectivity index (χ3n) is 2.78. The molecule has 1 rings (SSSR count). The molecule has 1 N–H and O–H groups in total. The number of aliphatic hydroxyl groups is 1. The van der Waals surface area contributed by atoms with Gasteiger partial charge in [-0.05, 0) is 25.8 Å². The minimum Gasteiger partial charge on any atom is -0.373 e. The summed E-state index contributed by atoms with van der Waals surface area (Å²) in [5, 5.41) is 9.16. The van der Waals surface area contributed by atoms with Crippen LogP contribution in [-0.2, 0) is 19.0 Å². The lowest BCUT2D eigenvalue weighted by Gasteiger charge is -2.34. The second kappa shape index (κ2) is 6.48. The maximum absolute atomic E-state index is 12.8. The Morgan fingerprint density at radius 2 is 1.61 bits per heavy atom. The van der Waals surface area contributed by atoms with Crippen molar-refractivity contribution in [3.8, 4) is 0 Å². The first kappa shape index (κ1) is 15.4. The van der Waals surface area contributed by atoms with E-state index in [1.807, 2.05) is 6.07 Å². The first-order valence-electron chi connectivity index (χ1n) is 6.21. The summed E-state index contributed by atoms with van der Waals surface area (Å²) in [6.07, 6.45) is 0.258. The molecule has 0 heterocycles. The fourth-order valence-corrected chi connectivity index (χ4v) is 3.89. The lowest BCUT2D eigenvalue weighted by molar-refractivity contribution is 0.0622. The summed E-state index contributed by atoms with van der Waals surface area (Å²) in [6, 6.07) is 8.88. The molecule has 5 heteroatoms. The highest BCUT2D eigenvalue weighted by Gasteiger charge is 2.49. The van der Waals surface area contributed by atoms with E-state index in [0.29, 0.717) is 5.56 Å². The van der Waals surface area contributed by atoms with Crippen LogP contribution in [-0.4, -0.2) is 18.3 Å². The standard InChI is InChI=1S/C13H21O4P/c1-4-13(14,12-10-8-7-9-11-12)18(15,16-5-2)17-6-3/h7-11,14H,4-6H2,1-3H3. The molecule has 4 nitrogen and oxygen atoms in total. The maximum Gasteiger partial charge on any atom is 0.366 e. The molecule has 102 valence electrons. The minimum atomic E-state index is -3.61. The van der Waals surface area contributed by atoms with Gasteiger partial charge in [-0.3, -0.25) is 4.57 Å². The lowest BCUT2D eigenvalue weighted by atomic mass is 10.1. The van der Waals surface area contributed by atoms with Crippen molar-refractivity contribution in [3.05, 3.63) is 35.9 Å². The van der Waals surface area contributed by atoms with Gasteiger partial charge >= 0.3 is 7.60 Å². The van der Waals surface area contributed by atoms with E-state index in [2.05, 4.69) is 0 Å². The predicted octanol–water partition coefficient (Wildman–Crippen LogP) is 3.51. The summed E-state index contributed by atoms with van der Waals surface area (Å²) in [4.78, 5) is 0. The third kappa shape index (κ3) is 2.83. The summed E-state index contributed by atoms with van der Waals surface area (Å²) in [7, 11) is -3.61. The molecule has 1 unspecified atom stereocenters. The molecule has 0 saturated carbocycles. The number of benzene rings is 1. The van der Waals surface area contributed by atoms with E-state index in [1.54, 1.807) is 45.0 Å². The Labute approximate surface area is 108 Å². The van der Waals surface area contributed by atoms with E-state index >= 15 is 0 Å². The molecule has 1 aromatic rings. The topological polar surface area (TPSA) is 55.8 Å². The van der Waals surface area contributed by atoms with Crippen molar-refractivity contribution in [2.24, 2.45) is 0 Å². The second-order valence-electron chi connectivity index (χ2n) is 3.87. The van der Waals surface area contributed by atoms with Gasteiger partial charge in [0.15, 0.2) is 5.34 Å². The molecule has 0 aliphatic carbocycles. The fraction of sp³-hybridized carbons (Fsp3) is 0.538. The van der Waals surface area contributed by atoms with Crippen LogP contribution in [0.1, 0.15) is 32.8 Å². The molecule has 0 spiro atoms. The molecule has 1 atom stereocenters. The Morgan fingerprint density at radius 3 is 2.00 bits per heavy atom. The lowest BCUT2D eigenvalue weighted by Crippen LogP contribution is -2.27. The first-order chi connectivity index (χ1) is 8.54. The van der Waals surface area contributed by atoms with Crippen LogP contribution in [0, 0.1) is 0 Å². The van der Waals surface area contributed by atoms with E-state index in [-0.39, 0.29) is 19.6 Å². The zero-order chi connectivity index (χ0) is 13.6. The van der Waals surface area contributed by atoms with Crippen molar-refractivity contribution >= 4 is 7.60 Å². The Morgan fingerprint density at radius 1 is 1.11 bits per heavy atom. The largest absolute Gasteiger partial charge is 0.373 e. The Hall–Kier alpha value is -0.670. The van der Waals surface area contributed by atoms with Crippen LogP contribution in [0.2, 0.25) is 0 Å². The normalized spacial score (nSPS) is 15.3. The monoisotopic (exact) mass is 272 g/mol. The van der Waals surface area contributed by atoms with Gasteiger partial charge in [0, 0.05) is 0 Å². The van der Waals surface area contributed by atoms with Crippen LogP contribution >= 0.6 is 7.60 Å². The summed E-state index contributed by atoms with van der Waals surface area (Å²) < 4.78 is 23.3. The van der Waals surface area contributed by atoms with E-state index in [1.165, 1.54) is 0 Å². The van der Waals surface area contributed by atoms with Crippen LogP contribution in [0.15, 0.2) is 30.3 Å². The molecule has 0 aromatic heterocycles. The zero-order valence-electron chi connectivity index (χ0n) is 11.1. The van der Waals surface area contributed by atoms with Crippen LogP contribution in [0.5, 0.6) is 0 Å². The Bertz CT molecular complexity index is 397. The Kier molecular flexibility index (Phi) is 5.54. The molecule has 0 saturated heterocycles. The van der Waals surface area contributed by atoms with Crippen LogP contribution in [0.3, 0.4) is 0 Å². The summed E-state index contributed by atoms with van der Waals surface area (Å²) >= 11 is 0. The van der Waals surface area contributed by atoms with Gasteiger partial charge in [0.05, 0.1) is 13.2 Å². The highest BCUT2D eigenvalue weighted by molar-refractivity contribution is 7.54. The van der Waals surface area contributed by atoms with Gasteiger partial charge in [0.2, 0.25) is 0 Å². The third-order valence-corrected chi connectivity index (χ3v) is 5.46. The fourth-order valence-electron chi connectivity index (χ4n) is 1.85. The zero-order valence-corrected chi connectivity index (χ0v) is 12.0. The molecule has 0 amide bonds. The van der Waals surface area contributed by atoms with E-state index < -0.39 is 12.9 Å². The van der Waals surface area contributed by atoms with Crippen LogP contribution < -0.4 is 0 Å². The number of hydrogen-bond donors (Lipinski definition) is 1. The minimum absolute atomic E-state index is 0.229. The van der Waals surface area contributed by atoms with Gasteiger partial charge < -0.3 is 14.2 Å². The summed E-state index contributed by atoms with van der Waals surface area (Å²) in [6.45, 7) is 5.68. The molecule has 0 aliphatic heterocycles. The molecular formula is C13H21O4P. The van der Waals surface area contributed by atoms with Crippen molar-refractivity contribution in [1.29, 1.82) is 0 Å². The van der Waals surface area contributed by atoms with Crippen molar-refractivity contribution in [2.45, 2.75) is 32.5 Å². The first-order valence-corrected chi connectivity index (χ1v) is 7.75. The van der Waals surface area contributed by atoms with Gasteiger partial charge in [0.25, 0.3) is 0 Å². The van der Waals surface area contributed by atoms with Gasteiger partial charge in [-0.25, -0.2) is 0 Å². The second-order valence-corrected chi connectivity index (χ2v) is 6.12. The Balaban J connectivity index is 3.23. The van der Waals surface area contributed by atoms with Crippen molar-refractivity contribution in [3.63, 3.8) is 0 Å². The van der Waals surface area contributed by atoms with Gasteiger partial charge in [-0.15, -0.1) is 0 Å². The average Bonchev–Trinajstić information content (AvgIpc) is 2.39. The van der Waals surface area contributed by atoms with Gasteiger partial charge in [0.1, 0.15) is 0 Å². The van der Waals surface area contributed by atoms with Crippen molar-refractivity contribution < 1.29 is 18.7 Å². The van der Waals surface area contributed by atoms with Crippen LogP contribution in [0.4, 0.5) is 0 Å². The molecule has 0 radical (unpaired) electrons. The highest BCUT2D eigenvalue weighted by atomic mass is 31.2. The van der Waals surface area contributed by atoms with Crippen molar-refractivity contribution in [2.75, 3.05) is 13.2 Å². The summed E-state index contributed by atoms with van der Waals surface area (Å²) in [5.74, 6) is 0. The van der Waals surface area contributed by atoms with Crippen molar-refractivity contribution in [1.82, 2.24) is 0 Å². The highest BCUT2D eigenvalue weighted by Crippen LogP contribution is 2.64. The van der Waals surface area contributed by atoms with Gasteiger partial charge in [-0.2, -0.15) is 0 Å².